The van der Waals surface area contributed by atoms with Crippen LogP contribution in [0.4, 0.5) is 4.79 Å². The molecular formula is C23H26N4O4. The monoisotopic (exact) mass is 422 g/mol. The normalized spacial score (nSPS) is 13.5. The highest BCUT2D eigenvalue weighted by Gasteiger charge is 2.35. The van der Waals surface area contributed by atoms with E-state index in [9.17, 15) is 4.79 Å². The van der Waals surface area contributed by atoms with Crippen molar-refractivity contribution in [3.05, 3.63) is 71.4 Å². The lowest BCUT2D eigenvalue weighted by Crippen LogP contribution is -2.52. The summed E-state index contributed by atoms with van der Waals surface area (Å²) >= 11 is 0. The van der Waals surface area contributed by atoms with Crippen molar-refractivity contribution in [1.29, 1.82) is 0 Å². The molecule has 0 bridgehead atoms. The zero-order valence-electron chi connectivity index (χ0n) is 17.7. The molecule has 1 aliphatic rings. The van der Waals surface area contributed by atoms with E-state index in [0.29, 0.717) is 44.4 Å². The Morgan fingerprint density at radius 2 is 2.00 bits per heavy atom. The minimum Gasteiger partial charge on any atom is -0.497 e. The van der Waals surface area contributed by atoms with Crippen molar-refractivity contribution in [2.75, 3.05) is 26.8 Å². The SMILES string of the molecule is COc1ccc(CNC(=O)N2CC(c3nc(CCOc4cccc(C)c4)no3)C2)cc1. The van der Waals surface area contributed by atoms with E-state index >= 15 is 0 Å². The van der Waals surface area contributed by atoms with Crippen LogP contribution >= 0.6 is 0 Å². The summed E-state index contributed by atoms with van der Waals surface area (Å²) in [5.74, 6) is 2.89. The number of benzene rings is 2. The number of methoxy groups -OCH3 is 1. The van der Waals surface area contributed by atoms with Crippen LogP contribution in [0.1, 0.15) is 28.8 Å². The van der Waals surface area contributed by atoms with Crippen molar-refractivity contribution in [2.24, 2.45) is 0 Å². The zero-order valence-corrected chi connectivity index (χ0v) is 17.7. The Morgan fingerprint density at radius 1 is 1.19 bits per heavy atom. The molecule has 1 fully saturated rings. The van der Waals surface area contributed by atoms with Crippen LogP contribution in [-0.2, 0) is 13.0 Å². The van der Waals surface area contributed by atoms with Gasteiger partial charge in [0.05, 0.1) is 19.6 Å². The van der Waals surface area contributed by atoms with Gasteiger partial charge in [0.2, 0.25) is 5.89 Å². The molecule has 0 radical (unpaired) electrons. The molecule has 0 spiro atoms. The highest BCUT2D eigenvalue weighted by Crippen LogP contribution is 2.25. The molecule has 2 amide bonds. The lowest BCUT2D eigenvalue weighted by molar-refractivity contribution is 0.136. The van der Waals surface area contributed by atoms with Crippen molar-refractivity contribution in [3.63, 3.8) is 0 Å². The highest BCUT2D eigenvalue weighted by atomic mass is 16.5. The molecule has 2 heterocycles. The standard InChI is InChI=1S/C23H26N4O4/c1-16-4-3-5-20(12-16)30-11-10-21-25-22(31-26-21)18-14-27(15-18)23(28)24-13-17-6-8-19(29-2)9-7-17/h3-9,12,18H,10-11,13-15H2,1-2H3,(H,24,28). The fourth-order valence-corrected chi connectivity index (χ4v) is 3.33. The third-order valence-corrected chi connectivity index (χ3v) is 5.19. The number of aromatic nitrogens is 2. The van der Waals surface area contributed by atoms with Crippen molar-refractivity contribution >= 4 is 6.03 Å². The van der Waals surface area contributed by atoms with Crippen LogP contribution in [0.2, 0.25) is 0 Å². The van der Waals surface area contributed by atoms with E-state index in [2.05, 4.69) is 15.5 Å². The molecular weight excluding hydrogens is 396 g/mol. The quantitative estimate of drug-likeness (QED) is 0.599. The topological polar surface area (TPSA) is 89.7 Å². The smallest absolute Gasteiger partial charge is 0.317 e. The molecule has 31 heavy (non-hydrogen) atoms. The Kier molecular flexibility index (Phi) is 6.35. The van der Waals surface area contributed by atoms with Gasteiger partial charge >= 0.3 is 6.03 Å². The number of nitrogens with one attached hydrogen (secondary N) is 1. The molecule has 4 rings (SSSR count). The predicted molar refractivity (Wildman–Crippen MR) is 114 cm³/mol. The summed E-state index contributed by atoms with van der Waals surface area (Å²) in [5.41, 5.74) is 2.17. The Hall–Kier alpha value is -3.55. The second kappa shape index (κ2) is 9.51. The Labute approximate surface area is 181 Å². The third-order valence-electron chi connectivity index (χ3n) is 5.19. The minimum atomic E-state index is -0.0987. The average Bonchev–Trinajstić information content (AvgIpc) is 3.20. The van der Waals surface area contributed by atoms with Crippen molar-refractivity contribution in [3.8, 4) is 11.5 Å². The number of rotatable bonds is 8. The summed E-state index contributed by atoms with van der Waals surface area (Å²) in [5, 5.41) is 6.96. The van der Waals surface area contributed by atoms with E-state index in [1.807, 2.05) is 55.5 Å². The van der Waals surface area contributed by atoms with Gasteiger partial charge in [0, 0.05) is 26.1 Å². The van der Waals surface area contributed by atoms with Crippen LogP contribution < -0.4 is 14.8 Å². The number of nitrogens with zero attached hydrogens (tertiary/aromatic N) is 3. The Bertz CT molecular complexity index is 1010. The van der Waals surface area contributed by atoms with Crippen molar-refractivity contribution < 1.29 is 18.8 Å². The van der Waals surface area contributed by atoms with E-state index in [-0.39, 0.29) is 11.9 Å². The van der Waals surface area contributed by atoms with Gasteiger partial charge in [-0.25, -0.2) is 4.79 Å². The summed E-state index contributed by atoms with van der Waals surface area (Å²) in [4.78, 5) is 18.5. The summed E-state index contributed by atoms with van der Waals surface area (Å²) in [6.07, 6.45) is 0.566. The van der Waals surface area contributed by atoms with Crippen LogP contribution in [0.5, 0.6) is 11.5 Å². The maximum Gasteiger partial charge on any atom is 0.317 e. The number of urea groups is 1. The summed E-state index contributed by atoms with van der Waals surface area (Å²) < 4.78 is 16.3. The number of hydrogen-bond donors (Lipinski definition) is 1. The van der Waals surface area contributed by atoms with Gasteiger partial charge in [-0.3, -0.25) is 0 Å². The van der Waals surface area contributed by atoms with Gasteiger partial charge in [-0.2, -0.15) is 4.98 Å². The first-order valence-corrected chi connectivity index (χ1v) is 10.3. The fourth-order valence-electron chi connectivity index (χ4n) is 3.33. The molecule has 0 saturated carbocycles. The van der Waals surface area contributed by atoms with Gasteiger partial charge < -0.3 is 24.2 Å². The maximum absolute atomic E-state index is 12.3. The molecule has 0 atom stereocenters. The Balaban J connectivity index is 1.18. The second-order valence-corrected chi connectivity index (χ2v) is 7.57. The summed E-state index contributed by atoms with van der Waals surface area (Å²) in [6.45, 7) is 4.11. The molecule has 162 valence electrons. The third kappa shape index (κ3) is 5.33. The second-order valence-electron chi connectivity index (χ2n) is 7.57. The van der Waals surface area contributed by atoms with E-state index in [4.69, 9.17) is 14.0 Å². The number of hydrogen-bond acceptors (Lipinski definition) is 6. The molecule has 0 unspecified atom stereocenters. The number of carbonyl (C=O) groups is 1. The van der Waals surface area contributed by atoms with Gasteiger partial charge in [-0.1, -0.05) is 29.4 Å². The summed E-state index contributed by atoms with van der Waals surface area (Å²) in [6, 6.07) is 15.4. The van der Waals surface area contributed by atoms with E-state index in [1.165, 1.54) is 0 Å². The zero-order chi connectivity index (χ0) is 21.6. The van der Waals surface area contributed by atoms with E-state index in [0.717, 1.165) is 22.6 Å². The number of likely N-dealkylation sites (tertiary alicyclic amines) is 1. The fraction of sp³-hybridized carbons (Fsp3) is 0.348. The number of ether oxygens (including phenoxy) is 2. The predicted octanol–water partition coefficient (Wildman–Crippen LogP) is 3.32. The van der Waals surface area contributed by atoms with Crippen LogP contribution in [0.3, 0.4) is 0 Å². The van der Waals surface area contributed by atoms with Gasteiger partial charge in [0.25, 0.3) is 0 Å². The van der Waals surface area contributed by atoms with Crippen LogP contribution in [0, 0.1) is 6.92 Å². The molecule has 1 aromatic heterocycles. The largest absolute Gasteiger partial charge is 0.497 e. The molecule has 1 saturated heterocycles. The molecule has 8 heteroatoms. The van der Waals surface area contributed by atoms with E-state index in [1.54, 1.807) is 12.0 Å². The maximum atomic E-state index is 12.3. The highest BCUT2D eigenvalue weighted by molar-refractivity contribution is 5.75. The summed E-state index contributed by atoms with van der Waals surface area (Å²) in [7, 11) is 1.63. The van der Waals surface area contributed by atoms with Crippen molar-refractivity contribution in [1.82, 2.24) is 20.4 Å². The number of carbonyl (C=O) groups excluding carboxylic acids is 1. The lowest BCUT2D eigenvalue weighted by atomic mass is 10.0. The van der Waals surface area contributed by atoms with Gasteiger partial charge in [0.15, 0.2) is 5.82 Å². The first-order chi connectivity index (χ1) is 15.1. The molecule has 1 aliphatic heterocycles. The van der Waals surface area contributed by atoms with Crippen LogP contribution in [0.25, 0.3) is 0 Å². The van der Waals surface area contributed by atoms with Gasteiger partial charge in [-0.05, 0) is 42.3 Å². The van der Waals surface area contributed by atoms with Crippen LogP contribution in [0.15, 0.2) is 53.1 Å². The average molecular weight is 422 g/mol. The molecule has 3 aromatic rings. The van der Waals surface area contributed by atoms with Crippen LogP contribution in [-0.4, -0.2) is 47.9 Å². The molecule has 1 N–H and O–H groups in total. The van der Waals surface area contributed by atoms with E-state index < -0.39 is 0 Å². The molecule has 8 nitrogen and oxygen atoms in total. The number of aryl methyl sites for hydroxylation is 1. The lowest BCUT2D eigenvalue weighted by Gasteiger charge is -2.36. The minimum absolute atomic E-state index is 0.0747. The van der Waals surface area contributed by atoms with Gasteiger partial charge in [0.1, 0.15) is 11.5 Å². The first kappa shape index (κ1) is 20.7. The van der Waals surface area contributed by atoms with Gasteiger partial charge in [-0.15, -0.1) is 0 Å². The van der Waals surface area contributed by atoms with Crippen molar-refractivity contribution in [2.45, 2.75) is 25.8 Å². The molecule has 0 aliphatic carbocycles. The molecule has 2 aromatic carbocycles. The Morgan fingerprint density at radius 3 is 2.74 bits per heavy atom. The number of amides is 2. The first-order valence-electron chi connectivity index (χ1n) is 10.3.